The Kier molecular flexibility index (Phi) is 4.19. The highest BCUT2D eigenvalue weighted by atomic mass is 16.4. The number of carbonyl (C=O) groups excluding carboxylic acids is 1. The number of likely N-dealkylation sites (tertiary alicyclic amines) is 1. The highest BCUT2D eigenvalue weighted by molar-refractivity contribution is 5.78. The molecule has 1 aliphatic rings. The number of carboxylic acid groups (broad SMARTS) is 1. The molecule has 1 aromatic rings. The molecular weight excluding hydrogens is 246 g/mol. The molecule has 2 N–H and O–H groups in total. The minimum absolute atomic E-state index is 0.0338. The van der Waals surface area contributed by atoms with Gasteiger partial charge in [0, 0.05) is 25.2 Å². The quantitative estimate of drug-likeness (QED) is 0.849. The molecule has 2 rings (SSSR count). The van der Waals surface area contributed by atoms with E-state index in [1.165, 1.54) is 0 Å². The molecule has 19 heavy (non-hydrogen) atoms. The number of hydrogen-bond acceptors (Lipinski definition) is 3. The minimum atomic E-state index is -0.803. The summed E-state index contributed by atoms with van der Waals surface area (Å²) in [6.45, 7) is 2.94. The summed E-state index contributed by atoms with van der Waals surface area (Å²) in [5, 5.41) is 15.8. The maximum Gasteiger partial charge on any atom is 0.308 e. The number of nitrogens with zero attached hydrogens (tertiary/aromatic N) is 2. The van der Waals surface area contributed by atoms with Crippen LogP contribution in [0.25, 0.3) is 0 Å². The van der Waals surface area contributed by atoms with Crippen molar-refractivity contribution in [2.45, 2.75) is 32.6 Å². The van der Waals surface area contributed by atoms with Gasteiger partial charge in [-0.1, -0.05) is 0 Å². The lowest BCUT2D eigenvalue weighted by atomic mass is 9.98. The third kappa shape index (κ3) is 3.33. The molecule has 1 aromatic heterocycles. The number of piperidine rings is 1. The van der Waals surface area contributed by atoms with Crippen molar-refractivity contribution in [1.82, 2.24) is 15.1 Å². The Bertz CT molecular complexity index is 469. The molecule has 1 saturated heterocycles. The van der Waals surface area contributed by atoms with E-state index >= 15 is 0 Å². The molecular formula is C13H19N3O3. The van der Waals surface area contributed by atoms with Crippen LogP contribution in [0.3, 0.4) is 0 Å². The number of aryl methyl sites for hydroxylation is 2. The van der Waals surface area contributed by atoms with E-state index in [0.717, 1.165) is 17.7 Å². The molecule has 1 atom stereocenters. The van der Waals surface area contributed by atoms with Crippen LogP contribution in [-0.2, 0) is 16.0 Å². The topological polar surface area (TPSA) is 86.3 Å². The van der Waals surface area contributed by atoms with Gasteiger partial charge >= 0.3 is 5.97 Å². The predicted octanol–water partition coefficient (Wildman–Crippen LogP) is 0.974. The van der Waals surface area contributed by atoms with Gasteiger partial charge in [-0.3, -0.25) is 14.7 Å². The average Bonchev–Trinajstić information content (AvgIpc) is 2.81. The second kappa shape index (κ2) is 5.86. The molecule has 0 aliphatic carbocycles. The van der Waals surface area contributed by atoms with Crippen molar-refractivity contribution >= 4 is 11.9 Å². The second-order valence-electron chi connectivity index (χ2n) is 5.04. The van der Waals surface area contributed by atoms with Crippen molar-refractivity contribution in [3.05, 3.63) is 17.5 Å². The second-order valence-corrected chi connectivity index (χ2v) is 5.04. The van der Waals surface area contributed by atoms with Crippen LogP contribution in [0.4, 0.5) is 0 Å². The fourth-order valence-corrected chi connectivity index (χ4v) is 2.43. The Balaban J connectivity index is 1.86. The van der Waals surface area contributed by atoms with Crippen LogP contribution in [0.5, 0.6) is 0 Å². The molecule has 0 saturated carbocycles. The molecule has 1 amide bonds. The van der Waals surface area contributed by atoms with E-state index in [0.29, 0.717) is 32.4 Å². The van der Waals surface area contributed by atoms with Crippen molar-refractivity contribution in [1.29, 1.82) is 0 Å². The normalized spacial score (nSPS) is 19.4. The predicted molar refractivity (Wildman–Crippen MR) is 68.6 cm³/mol. The zero-order valence-corrected chi connectivity index (χ0v) is 11.1. The number of aromatic amines is 1. The molecule has 1 fully saturated rings. The van der Waals surface area contributed by atoms with Crippen LogP contribution < -0.4 is 0 Å². The number of H-pyrrole nitrogens is 1. The SMILES string of the molecule is Cc1[nH]ncc1CCC(=O)N1CCCC(C(=O)O)C1. The Hall–Kier alpha value is -1.85. The Labute approximate surface area is 111 Å². The first kappa shape index (κ1) is 13.6. The first-order chi connectivity index (χ1) is 9.08. The first-order valence-corrected chi connectivity index (χ1v) is 6.57. The van der Waals surface area contributed by atoms with Gasteiger partial charge in [0.15, 0.2) is 0 Å². The van der Waals surface area contributed by atoms with Gasteiger partial charge in [0.1, 0.15) is 0 Å². The van der Waals surface area contributed by atoms with Crippen molar-refractivity contribution in [3.63, 3.8) is 0 Å². The van der Waals surface area contributed by atoms with Crippen LogP contribution in [-0.4, -0.2) is 45.2 Å². The lowest BCUT2D eigenvalue weighted by molar-refractivity contribution is -0.145. The number of amides is 1. The third-order valence-electron chi connectivity index (χ3n) is 3.67. The van der Waals surface area contributed by atoms with E-state index in [9.17, 15) is 9.59 Å². The van der Waals surface area contributed by atoms with Gasteiger partial charge < -0.3 is 10.0 Å². The van der Waals surface area contributed by atoms with E-state index < -0.39 is 11.9 Å². The lowest BCUT2D eigenvalue weighted by Gasteiger charge is -2.30. The fraction of sp³-hybridized carbons (Fsp3) is 0.615. The molecule has 0 radical (unpaired) electrons. The van der Waals surface area contributed by atoms with Gasteiger partial charge in [-0.2, -0.15) is 5.10 Å². The summed E-state index contributed by atoms with van der Waals surface area (Å²) in [6, 6.07) is 0. The molecule has 6 nitrogen and oxygen atoms in total. The zero-order valence-electron chi connectivity index (χ0n) is 11.1. The third-order valence-corrected chi connectivity index (χ3v) is 3.67. The number of nitrogens with one attached hydrogen (secondary N) is 1. The zero-order chi connectivity index (χ0) is 13.8. The van der Waals surface area contributed by atoms with Crippen molar-refractivity contribution < 1.29 is 14.7 Å². The largest absolute Gasteiger partial charge is 0.481 e. The van der Waals surface area contributed by atoms with Crippen LogP contribution in [0.2, 0.25) is 0 Å². The Morgan fingerprint density at radius 2 is 2.37 bits per heavy atom. The summed E-state index contributed by atoms with van der Waals surface area (Å²) in [7, 11) is 0. The number of aliphatic carboxylic acids is 1. The standard InChI is InChI=1S/C13H19N3O3/c1-9-10(7-14-15-9)4-5-12(17)16-6-2-3-11(8-16)13(18)19/h7,11H,2-6,8H2,1H3,(H,14,15)(H,18,19). The first-order valence-electron chi connectivity index (χ1n) is 6.57. The summed E-state index contributed by atoms with van der Waals surface area (Å²) < 4.78 is 0. The molecule has 0 spiro atoms. The summed E-state index contributed by atoms with van der Waals surface area (Å²) in [5.41, 5.74) is 2.02. The summed E-state index contributed by atoms with van der Waals surface area (Å²) in [6.07, 6.45) is 4.23. The lowest BCUT2D eigenvalue weighted by Crippen LogP contribution is -2.42. The number of carboxylic acids is 1. The highest BCUT2D eigenvalue weighted by Crippen LogP contribution is 2.18. The molecule has 1 aliphatic heterocycles. The van der Waals surface area contributed by atoms with Crippen LogP contribution >= 0.6 is 0 Å². The van der Waals surface area contributed by atoms with Gasteiger partial charge in [-0.05, 0) is 31.7 Å². The molecule has 2 heterocycles. The van der Waals surface area contributed by atoms with Crippen molar-refractivity contribution in [3.8, 4) is 0 Å². The van der Waals surface area contributed by atoms with E-state index in [1.54, 1.807) is 11.1 Å². The van der Waals surface area contributed by atoms with E-state index in [-0.39, 0.29) is 5.91 Å². The monoisotopic (exact) mass is 265 g/mol. The smallest absolute Gasteiger partial charge is 0.308 e. The Morgan fingerprint density at radius 1 is 1.58 bits per heavy atom. The minimum Gasteiger partial charge on any atom is -0.481 e. The van der Waals surface area contributed by atoms with E-state index in [1.807, 2.05) is 6.92 Å². The molecule has 104 valence electrons. The molecule has 0 aromatic carbocycles. The van der Waals surface area contributed by atoms with Crippen molar-refractivity contribution in [2.24, 2.45) is 5.92 Å². The van der Waals surface area contributed by atoms with Gasteiger partial charge in [-0.15, -0.1) is 0 Å². The van der Waals surface area contributed by atoms with E-state index in [2.05, 4.69) is 10.2 Å². The number of hydrogen-bond donors (Lipinski definition) is 2. The van der Waals surface area contributed by atoms with Crippen LogP contribution in [0.1, 0.15) is 30.5 Å². The molecule has 6 heteroatoms. The van der Waals surface area contributed by atoms with Gasteiger partial charge in [0.05, 0.1) is 12.1 Å². The van der Waals surface area contributed by atoms with E-state index in [4.69, 9.17) is 5.11 Å². The number of rotatable bonds is 4. The molecule has 1 unspecified atom stereocenters. The summed E-state index contributed by atoms with van der Waals surface area (Å²) >= 11 is 0. The maximum atomic E-state index is 12.1. The molecule has 0 bridgehead atoms. The highest BCUT2D eigenvalue weighted by Gasteiger charge is 2.27. The van der Waals surface area contributed by atoms with Gasteiger partial charge in [0.2, 0.25) is 5.91 Å². The maximum absolute atomic E-state index is 12.1. The average molecular weight is 265 g/mol. The van der Waals surface area contributed by atoms with Crippen LogP contribution in [0, 0.1) is 12.8 Å². The summed E-state index contributed by atoms with van der Waals surface area (Å²) in [5.74, 6) is -1.18. The fourth-order valence-electron chi connectivity index (χ4n) is 2.43. The Morgan fingerprint density at radius 3 is 3.00 bits per heavy atom. The number of aromatic nitrogens is 2. The van der Waals surface area contributed by atoms with Crippen molar-refractivity contribution in [2.75, 3.05) is 13.1 Å². The summed E-state index contributed by atoms with van der Waals surface area (Å²) in [4.78, 5) is 24.7. The van der Waals surface area contributed by atoms with Gasteiger partial charge in [0.25, 0.3) is 0 Å². The van der Waals surface area contributed by atoms with Gasteiger partial charge in [-0.25, -0.2) is 0 Å². The number of carbonyl (C=O) groups is 2. The van der Waals surface area contributed by atoms with Crippen LogP contribution in [0.15, 0.2) is 6.20 Å².